The highest BCUT2D eigenvalue weighted by Gasteiger charge is 2.29. The number of ether oxygens (including phenoxy) is 1. The summed E-state index contributed by atoms with van der Waals surface area (Å²) in [5.74, 6) is 0.574. The first kappa shape index (κ1) is 25.4. The quantitative estimate of drug-likeness (QED) is 0.470. The van der Waals surface area contributed by atoms with E-state index in [1.165, 1.54) is 10.5 Å². The van der Waals surface area contributed by atoms with E-state index in [0.717, 1.165) is 31.2 Å². The topological polar surface area (TPSA) is 58.6 Å². The van der Waals surface area contributed by atoms with E-state index in [1.54, 1.807) is 25.1 Å². The van der Waals surface area contributed by atoms with Crippen LogP contribution in [0.5, 0.6) is 5.75 Å². The van der Waals surface area contributed by atoms with Crippen LogP contribution in [0, 0.1) is 0 Å². The predicted octanol–water partition coefficient (Wildman–Crippen LogP) is 5.97. The number of benzene rings is 2. The summed E-state index contributed by atoms with van der Waals surface area (Å²) in [6.07, 6.45) is 4.19. The van der Waals surface area contributed by atoms with Crippen molar-refractivity contribution < 1.29 is 14.3 Å². The van der Waals surface area contributed by atoms with E-state index in [4.69, 9.17) is 27.9 Å². The first-order valence-electron chi connectivity index (χ1n) is 11.5. The number of hydrogen-bond donors (Lipinski definition) is 1. The second-order valence-corrected chi connectivity index (χ2v) is 9.78. The lowest BCUT2D eigenvalue weighted by atomic mass is 10.0. The number of carbonyl (C=O) groups is 2. The van der Waals surface area contributed by atoms with Crippen LogP contribution in [0.4, 0.5) is 0 Å². The van der Waals surface area contributed by atoms with Crippen LogP contribution in [-0.2, 0) is 16.1 Å². The molecule has 0 saturated heterocycles. The van der Waals surface area contributed by atoms with Gasteiger partial charge < -0.3 is 15.0 Å². The van der Waals surface area contributed by atoms with Crippen molar-refractivity contribution in [1.29, 1.82) is 0 Å². The minimum absolute atomic E-state index is 0.165. The summed E-state index contributed by atoms with van der Waals surface area (Å²) in [6.45, 7) is 5.99. The number of carbonyl (C=O) groups excluding carboxylic acids is 2. The fraction of sp³-hybridized carbons (Fsp3) is 0.462. The van der Waals surface area contributed by atoms with E-state index < -0.39 is 6.04 Å². The lowest BCUT2D eigenvalue weighted by molar-refractivity contribution is -0.142. The zero-order chi connectivity index (χ0) is 24.0. The molecule has 0 bridgehead atoms. The maximum Gasteiger partial charge on any atom is 0.261 e. The molecule has 178 valence electrons. The number of hydrogen-bond acceptors (Lipinski definition) is 3. The van der Waals surface area contributed by atoms with Gasteiger partial charge in [-0.1, -0.05) is 68.1 Å². The molecule has 1 aliphatic rings. The summed E-state index contributed by atoms with van der Waals surface area (Å²) in [6, 6.07) is 12.3. The van der Waals surface area contributed by atoms with Gasteiger partial charge in [-0.25, -0.2) is 0 Å². The largest absolute Gasteiger partial charge is 0.484 e. The van der Waals surface area contributed by atoms with E-state index in [1.807, 2.05) is 24.3 Å². The standard InChI is InChI=1S/C26H32Cl2N2O3/c1-17(2)19-9-12-23(13-10-19)33-16-25(31)30(15-20-8-11-21(27)14-24(20)28)18(3)26(32)29-22-6-4-5-7-22/h8-14,17-18,22H,4-7,15-16H2,1-3H3,(H,29,32)/t18-/m0/s1. The number of rotatable bonds is 9. The average molecular weight is 491 g/mol. The minimum atomic E-state index is -0.670. The molecule has 2 amide bonds. The van der Waals surface area contributed by atoms with Crippen molar-refractivity contribution in [3.8, 4) is 5.75 Å². The molecular weight excluding hydrogens is 459 g/mol. The normalized spacial score (nSPS) is 14.8. The first-order valence-corrected chi connectivity index (χ1v) is 12.3. The summed E-state index contributed by atoms with van der Waals surface area (Å²) in [7, 11) is 0. The Bertz CT molecular complexity index is 957. The Morgan fingerprint density at radius 2 is 1.73 bits per heavy atom. The smallest absolute Gasteiger partial charge is 0.261 e. The third kappa shape index (κ3) is 7.12. The van der Waals surface area contributed by atoms with E-state index in [9.17, 15) is 9.59 Å². The molecule has 0 radical (unpaired) electrons. The van der Waals surface area contributed by atoms with Crippen molar-refractivity contribution in [3.63, 3.8) is 0 Å². The molecule has 3 rings (SSSR count). The second kappa shape index (κ2) is 11.8. The minimum Gasteiger partial charge on any atom is -0.484 e. The molecule has 1 fully saturated rings. The molecule has 1 N–H and O–H groups in total. The maximum atomic E-state index is 13.2. The lowest BCUT2D eigenvalue weighted by Gasteiger charge is -2.30. The molecule has 0 aromatic heterocycles. The SMILES string of the molecule is CC(C)c1ccc(OCC(=O)N(Cc2ccc(Cl)cc2Cl)[C@@H](C)C(=O)NC2CCCC2)cc1. The Kier molecular flexibility index (Phi) is 9.04. The van der Waals surface area contributed by atoms with Crippen molar-refractivity contribution in [2.75, 3.05) is 6.61 Å². The summed E-state index contributed by atoms with van der Waals surface area (Å²) in [5.41, 5.74) is 1.92. The van der Waals surface area contributed by atoms with Crippen molar-refractivity contribution >= 4 is 35.0 Å². The summed E-state index contributed by atoms with van der Waals surface area (Å²) in [5, 5.41) is 4.05. The van der Waals surface area contributed by atoms with E-state index >= 15 is 0 Å². The van der Waals surface area contributed by atoms with Gasteiger partial charge in [0, 0.05) is 22.6 Å². The Morgan fingerprint density at radius 1 is 1.06 bits per heavy atom. The predicted molar refractivity (Wildman–Crippen MR) is 133 cm³/mol. The number of nitrogens with zero attached hydrogens (tertiary/aromatic N) is 1. The Morgan fingerprint density at radius 3 is 2.33 bits per heavy atom. The van der Waals surface area contributed by atoms with Crippen molar-refractivity contribution in [3.05, 3.63) is 63.6 Å². The van der Waals surface area contributed by atoms with E-state index in [-0.39, 0.29) is 31.0 Å². The number of nitrogens with one attached hydrogen (secondary N) is 1. The van der Waals surface area contributed by atoms with Crippen LogP contribution in [0.3, 0.4) is 0 Å². The number of halogens is 2. The number of amides is 2. The zero-order valence-electron chi connectivity index (χ0n) is 19.4. The van der Waals surface area contributed by atoms with Gasteiger partial charge in [-0.2, -0.15) is 0 Å². The summed E-state index contributed by atoms with van der Waals surface area (Å²) >= 11 is 12.4. The van der Waals surface area contributed by atoms with Crippen LogP contribution in [0.25, 0.3) is 0 Å². The third-order valence-electron chi connectivity index (χ3n) is 6.13. The van der Waals surface area contributed by atoms with Crippen LogP contribution < -0.4 is 10.1 Å². The molecule has 7 heteroatoms. The van der Waals surface area contributed by atoms with E-state index in [2.05, 4.69) is 19.2 Å². The Labute approximate surface area is 206 Å². The van der Waals surface area contributed by atoms with Gasteiger partial charge in [0.05, 0.1) is 0 Å². The maximum absolute atomic E-state index is 13.2. The molecular formula is C26H32Cl2N2O3. The highest BCUT2D eigenvalue weighted by Crippen LogP contribution is 2.24. The summed E-state index contributed by atoms with van der Waals surface area (Å²) < 4.78 is 5.76. The fourth-order valence-electron chi connectivity index (χ4n) is 3.98. The second-order valence-electron chi connectivity index (χ2n) is 8.94. The Balaban J connectivity index is 1.72. The van der Waals surface area contributed by atoms with Crippen LogP contribution >= 0.6 is 23.2 Å². The van der Waals surface area contributed by atoms with Crippen molar-refractivity contribution in [2.24, 2.45) is 0 Å². The molecule has 0 heterocycles. The molecule has 5 nitrogen and oxygen atoms in total. The van der Waals surface area contributed by atoms with E-state index in [0.29, 0.717) is 21.7 Å². The molecule has 33 heavy (non-hydrogen) atoms. The molecule has 2 aromatic rings. The molecule has 1 atom stereocenters. The molecule has 0 unspecified atom stereocenters. The van der Waals surface area contributed by atoms with Crippen LogP contribution in [0.2, 0.25) is 10.0 Å². The van der Waals surface area contributed by atoms with Crippen molar-refractivity contribution in [2.45, 2.75) is 71.0 Å². The van der Waals surface area contributed by atoms with Gasteiger partial charge in [-0.3, -0.25) is 9.59 Å². The molecule has 0 spiro atoms. The lowest BCUT2D eigenvalue weighted by Crippen LogP contribution is -2.50. The van der Waals surface area contributed by atoms with Crippen LogP contribution in [0.15, 0.2) is 42.5 Å². The molecule has 2 aromatic carbocycles. The molecule has 0 aliphatic heterocycles. The van der Waals surface area contributed by atoms with Crippen molar-refractivity contribution in [1.82, 2.24) is 10.2 Å². The first-order chi connectivity index (χ1) is 15.7. The van der Waals surface area contributed by atoms with Gasteiger partial charge in [-0.15, -0.1) is 0 Å². The van der Waals surface area contributed by atoms with Gasteiger partial charge in [0.1, 0.15) is 11.8 Å². The van der Waals surface area contributed by atoms with Crippen LogP contribution in [0.1, 0.15) is 63.5 Å². The fourth-order valence-corrected chi connectivity index (χ4v) is 4.45. The molecule has 1 saturated carbocycles. The van der Waals surface area contributed by atoms with Gasteiger partial charge in [0.2, 0.25) is 5.91 Å². The third-order valence-corrected chi connectivity index (χ3v) is 6.72. The average Bonchev–Trinajstić information content (AvgIpc) is 3.30. The highest BCUT2D eigenvalue weighted by atomic mass is 35.5. The van der Waals surface area contributed by atoms with Gasteiger partial charge in [0.15, 0.2) is 6.61 Å². The van der Waals surface area contributed by atoms with Crippen LogP contribution in [-0.4, -0.2) is 35.4 Å². The zero-order valence-corrected chi connectivity index (χ0v) is 21.0. The van der Waals surface area contributed by atoms with Gasteiger partial charge in [-0.05, 0) is 61.1 Å². The Hall–Kier alpha value is -2.24. The monoisotopic (exact) mass is 490 g/mol. The highest BCUT2D eigenvalue weighted by molar-refractivity contribution is 6.35. The molecule has 1 aliphatic carbocycles. The van der Waals surface area contributed by atoms with Gasteiger partial charge >= 0.3 is 0 Å². The van der Waals surface area contributed by atoms with Gasteiger partial charge in [0.25, 0.3) is 5.91 Å². The summed E-state index contributed by atoms with van der Waals surface area (Å²) in [4.78, 5) is 27.7.